The maximum atomic E-state index is 15.1. The second-order valence-electron chi connectivity index (χ2n) is 11.5. The Balaban J connectivity index is 0.000000781. The van der Waals surface area contributed by atoms with Gasteiger partial charge in [0.05, 0.1) is 12.8 Å². The van der Waals surface area contributed by atoms with Gasteiger partial charge in [-0.15, -0.1) is 0 Å². The quantitative estimate of drug-likeness (QED) is 0.344. The summed E-state index contributed by atoms with van der Waals surface area (Å²) in [6.07, 6.45) is 3.08. The fourth-order valence-corrected chi connectivity index (χ4v) is 6.16. The number of methoxy groups -OCH3 is 1. The van der Waals surface area contributed by atoms with E-state index in [2.05, 4.69) is 10.3 Å². The molecule has 1 saturated carbocycles. The maximum absolute atomic E-state index is 15.1. The fraction of sp³-hybridized carbons (Fsp3) is 0.500. The van der Waals surface area contributed by atoms with Gasteiger partial charge in [0.25, 0.3) is 5.91 Å². The van der Waals surface area contributed by atoms with Gasteiger partial charge in [-0.1, -0.05) is 13.8 Å². The van der Waals surface area contributed by atoms with Gasteiger partial charge in [-0.25, -0.2) is 9.37 Å². The smallest absolute Gasteiger partial charge is 0.394 e. The Morgan fingerprint density at radius 2 is 1.81 bits per heavy atom. The SMILES string of the molecule is COc1ccc2c(n1)CCN(C(=O)[C@H]1C[C@@H](CC(=O)O)C1)[C@H]2C(=O)Nc1cc(F)c2c(c1)CCC2(C)C.O.O=S(=O)(O)O. The Morgan fingerprint density at radius 1 is 1.16 bits per heavy atom. The van der Waals surface area contributed by atoms with Crippen LogP contribution in [0.1, 0.15) is 68.0 Å². The number of benzene rings is 1. The van der Waals surface area contributed by atoms with Gasteiger partial charge in [-0.2, -0.15) is 8.42 Å². The summed E-state index contributed by atoms with van der Waals surface area (Å²) < 4.78 is 51.9. The number of amides is 2. The van der Waals surface area contributed by atoms with Crippen molar-refractivity contribution in [1.29, 1.82) is 0 Å². The summed E-state index contributed by atoms with van der Waals surface area (Å²) in [4.78, 5) is 44.3. The molecular formula is C28H36FN3O10S. The number of fused-ring (bicyclic) bond motifs is 2. The third-order valence-electron chi connectivity index (χ3n) is 8.10. The van der Waals surface area contributed by atoms with E-state index in [0.717, 1.165) is 18.4 Å². The summed E-state index contributed by atoms with van der Waals surface area (Å²) in [5.74, 6) is -1.71. The minimum atomic E-state index is -4.67. The highest BCUT2D eigenvalue weighted by atomic mass is 32.3. The highest BCUT2D eigenvalue weighted by Crippen LogP contribution is 2.43. The predicted molar refractivity (Wildman–Crippen MR) is 152 cm³/mol. The van der Waals surface area contributed by atoms with Crippen LogP contribution in [0.5, 0.6) is 5.88 Å². The molecule has 0 bridgehead atoms. The number of halogens is 1. The number of aliphatic carboxylic acids is 1. The van der Waals surface area contributed by atoms with Crippen LogP contribution in [0.15, 0.2) is 24.3 Å². The molecule has 1 aromatic carbocycles. The highest BCUT2D eigenvalue weighted by Gasteiger charge is 2.44. The summed E-state index contributed by atoms with van der Waals surface area (Å²) >= 11 is 0. The molecule has 13 nitrogen and oxygen atoms in total. The lowest BCUT2D eigenvalue weighted by molar-refractivity contribution is -0.149. The summed E-state index contributed by atoms with van der Waals surface area (Å²) in [5.41, 5.74) is 3.00. The van der Waals surface area contributed by atoms with Crippen LogP contribution >= 0.6 is 0 Å². The number of carbonyl (C=O) groups excluding carboxylic acids is 2. The third kappa shape index (κ3) is 7.84. The molecule has 43 heavy (non-hydrogen) atoms. The van der Waals surface area contributed by atoms with E-state index in [0.29, 0.717) is 54.2 Å². The summed E-state index contributed by atoms with van der Waals surface area (Å²) in [5, 5.41) is 11.9. The van der Waals surface area contributed by atoms with E-state index in [1.165, 1.54) is 13.2 Å². The van der Waals surface area contributed by atoms with Crippen molar-refractivity contribution in [3.05, 3.63) is 52.5 Å². The van der Waals surface area contributed by atoms with Gasteiger partial charge in [0.15, 0.2) is 0 Å². The van der Waals surface area contributed by atoms with Crippen molar-refractivity contribution in [1.82, 2.24) is 9.88 Å². The molecule has 1 fully saturated rings. The number of nitrogens with zero attached hydrogens (tertiary/aromatic N) is 2. The first-order valence-electron chi connectivity index (χ1n) is 13.5. The largest absolute Gasteiger partial charge is 0.481 e. The standard InChI is InChI=1S/C28H32FN3O5.H2O4S.H2O/c1-28(2)8-6-16-13-18(14-20(29)24(16)28)30-26(35)25-19-4-5-22(37-3)31-21(19)7-9-32(25)27(36)17-10-15(11-17)12-23(33)34;1-5(2,3)4;/h4-5,13-15,17,25H,6-12H2,1-3H3,(H,30,35)(H,33,34);(H2,1,2,3,4);1H2/t15-,17+,25-;;/m1../s1. The first-order valence-corrected chi connectivity index (χ1v) is 14.9. The van der Waals surface area contributed by atoms with E-state index in [9.17, 15) is 14.4 Å². The highest BCUT2D eigenvalue weighted by molar-refractivity contribution is 7.79. The molecule has 15 heteroatoms. The molecule has 5 rings (SSSR count). The lowest BCUT2D eigenvalue weighted by atomic mass is 9.72. The Kier molecular flexibility index (Phi) is 10.2. The van der Waals surface area contributed by atoms with Crippen molar-refractivity contribution >= 4 is 33.9 Å². The number of carboxylic acid groups (broad SMARTS) is 1. The van der Waals surface area contributed by atoms with E-state index >= 15 is 4.39 Å². The lowest BCUT2D eigenvalue weighted by Crippen LogP contribution is -2.50. The Labute approximate surface area is 248 Å². The molecule has 1 atom stereocenters. The Hall–Kier alpha value is -3.66. The number of hydrogen-bond acceptors (Lipinski definition) is 7. The molecule has 2 aromatic rings. The maximum Gasteiger partial charge on any atom is 0.394 e. The molecule has 0 saturated heterocycles. The fourth-order valence-electron chi connectivity index (χ4n) is 6.16. The molecule has 2 heterocycles. The number of anilines is 1. The van der Waals surface area contributed by atoms with Crippen LogP contribution in [0.4, 0.5) is 10.1 Å². The molecule has 6 N–H and O–H groups in total. The average molecular weight is 626 g/mol. The Morgan fingerprint density at radius 3 is 2.42 bits per heavy atom. The summed E-state index contributed by atoms with van der Waals surface area (Å²) in [7, 11) is -3.15. The van der Waals surface area contributed by atoms with Crippen molar-refractivity contribution in [3.8, 4) is 5.88 Å². The molecule has 236 valence electrons. The number of pyridine rings is 1. The average Bonchev–Trinajstić information content (AvgIpc) is 3.17. The second-order valence-corrected chi connectivity index (χ2v) is 12.4. The van der Waals surface area contributed by atoms with Crippen molar-refractivity contribution in [2.24, 2.45) is 11.8 Å². The van der Waals surface area contributed by atoms with Gasteiger partial charge in [0.2, 0.25) is 11.8 Å². The van der Waals surface area contributed by atoms with Crippen LogP contribution in [0.2, 0.25) is 0 Å². The van der Waals surface area contributed by atoms with Gasteiger partial charge in [-0.3, -0.25) is 23.5 Å². The van der Waals surface area contributed by atoms with Gasteiger partial charge < -0.3 is 25.5 Å². The monoisotopic (exact) mass is 625 g/mol. The van der Waals surface area contributed by atoms with E-state index in [1.807, 2.05) is 19.9 Å². The molecule has 1 aliphatic heterocycles. The lowest BCUT2D eigenvalue weighted by Gasteiger charge is -2.42. The topological polar surface area (TPSA) is 215 Å². The van der Waals surface area contributed by atoms with Crippen LogP contribution < -0.4 is 10.1 Å². The van der Waals surface area contributed by atoms with Crippen LogP contribution in [0.3, 0.4) is 0 Å². The summed E-state index contributed by atoms with van der Waals surface area (Å²) in [6, 6.07) is 5.67. The normalized spacial score (nSPS) is 21.5. The van der Waals surface area contributed by atoms with Crippen LogP contribution in [-0.4, -0.2) is 69.4 Å². The minimum absolute atomic E-state index is 0. The van der Waals surface area contributed by atoms with Gasteiger partial charge >= 0.3 is 16.4 Å². The number of aryl methyl sites for hydroxylation is 1. The first-order chi connectivity index (χ1) is 19.6. The van der Waals surface area contributed by atoms with Crippen molar-refractivity contribution in [2.45, 2.75) is 63.8 Å². The molecule has 0 unspecified atom stereocenters. The van der Waals surface area contributed by atoms with E-state index in [4.69, 9.17) is 27.4 Å². The minimum Gasteiger partial charge on any atom is -0.481 e. The number of hydrogen-bond donors (Lipinski definition) is 4. The predicted octanol–water partition coefficient (Wildman–Crippen LogP) is 2.54. The zero-order valence-corrected chi connectivity index (χ0v) is 24.8. The van der Waals surface area contributed by atoms with E-state index in [-0.39, 0.29) is 40.9 Å². The van der Waals surface area contributed by atoms with Crippen molar-refractivity contribution in [3.63, 3.8) is 0 Å². The van der Waals surface area contributed by atoms with Gasteiger partial charge in [0, 0.05) is 42.6 Å². The van der Waals surface area contributed by atoms with Crippen LogP contribution in [0, 0.1) is 17.7 Å². The first kappa shape index (κ1) is 33.8. The van der Waals surface area contributed by atoms with Crippen LogP contribution in [0.25, 0.3) is 0 Å². The number of rotatable bonds is 6. The number of ether oxygens (including phenoxy) is 1. The molecule has 3 aliphatic rings. The zero-order valence-electron chi connectivity index (χ0n) is 24.0. The molecule has 2 amide bonds. The number of aromatic nitrogens is 1. The van der Waals surface area contributed by atoms with Gasteiger partial charge in [0.1, 0.15) is 11.9 Å². The van der Waals surface area contributed by atoms with E-state index < -0.39 is 28.3 Å². The molecular weight excluding hydrogens is 589 g/mol. The summed E-state index contributed by atoms with van der Waals surface area (Å²) in [6.45, 7) is 4.34. The van der Waals surface area contributed by atoms with E-state index in [1.54, 1.807) is 17.0 Å². The second kappa shape index (κ2) is 12.9. The van der Waals surface area contributed by atoms with Crippen molar-refractivity contribution < 1.29 is 51.6 Å². The Bertz CT molecular complexity index is 1500. The van der Waals surface area contributed by atoms with Crippen molar-refractivity contribution in [2.75, 3.05) is 19.0 Å². The third-order valence-corrected chi connectivity index (χ3v) is 8.10. The van der Waals surface area contributed by atoms with Gasteiger partial charge in [-0.05, 0) is 66.3 Å². The zero-order chi connectivity index (χ0) is 31.0. The molecule has 1 aromatic heterocycles. The van der Waals surface area contributed by atoms with Crippen LogP contribution in [-0.2, 0) is 43.0 Å². The number of carboxylic acids is 1. The number of nitrogens with one attached hydrogen (secondary N) is 1. The molecule has 0 spiro atoms. The number of carbonyl (C=O) groups is 3. The molecule has 0 radical (unpaired) electrons. The molecule has 2 aliphatic carbocycles.